The summed E-state index contributed by atoms with van der Waals surface area (Å²) in [5.41, 5.74) is 3.60. The van der Waals surface area contributed by atoms with Crippen molar-refractivity contribution in [3.05, 3.63) is 27.0 Å². The summed E-state index contributed by atoms with van der Waals surface area (Å²) in [6.45, 7) is 2.08. The Morgan fingerprint density at radius 3 is 2.53 bits per heavy atom. The average Bonchev–Trinajstić information content (AvgIpc) is 2.24. The Hall–Kier alpha value is -1.45. The van der Waals surface area contributed by atoms with Gasteiger partial charge in [-0.1, -0.05) is 6.92 Å². The van der Waals surface area contributed by atoms with Crippen LogP contribution in [0.4, 0.5) is 0 Å². The molecule has 4 N–H and O–H groups in total. The highest BCUT2D eigenvalue weighted by Crippen LogP contribution is 2.08. The zero-order valence-corrected chi connectivity index (χ0v) is 10.1. The van der Waals surface area contributed by atoms with Crippen LogP contribution in [0.1, 0.15) is 6.92 Å². The number of nitrogens with one attached hydrogen (secondary N) is 2. The molecule has 0 unspecified atom stereocenters. The summed E-state index contributed by atoms with van der Waals surface area (Å²) in [5.74, 6) is 0. The molecule has 1 aromatic rings. The van der Waals surface area contributed by atoms with Crippen LogP contribution >= 0.6 is 0 Å². The molecule has 0 aliphatic carbocycles. The number of likely N-dealkylation sites (N-methyl/N-ethyl adjacent to an activating group) is 1. The molecule has 1 aromatic heterocycles. The van der Waals surface area contributed by atoms with Crippen LogP contribution in [0.15, 0.2) is 20.7 Å². The molecule has 0 saturated carbocycles. The van der Waals surface area contributed by atoms with Crippen LogP contribution in [0.5, 0.6) is 0 Å². The Balaban J connectivity index is 3.30. The molecule has 0 fully saturated rings. The summed E-state index contributed by atoms with van der Waals surface area (Å²) in [6.07, 6.45) is 0.885. The maximum atomic E-state index is 12.0. The van der Waals surface area contributed by atoms with Gasteiger partial charge in [0.05, 0.1) is 0 Å². The van der Waals surface area contributed by atoms with E-state index in [0.29, 0.717) is 0 Å². The molecule has 96 valence electrons. The van der Waals surface area contributed by atoms with Crippen LogP contribution in [0.25, 0.3) is 0 Å². The van der Waals surface area contributed by atoms with Gasteiger partial charge in [-0.25, -0.2) is 13.2 Å². The van der Waals surface area contributed by atoms with E-state index in [1.807, 2.05) is 4.98 Å². The van der Waals surface area contributed by atoms with Gasteiger partial charge < -0.3 is 10.7 Å². The number of nitrogens with zero attached hydrogens (tertiary/aromatic N) is 1. The second-order valence-electron chi connectivity index (χ2n) is 3.22. The quantitative estimate of drug-likeness (QED) is 0.567. The van der Waals surface area contributed by atoms with Crippen molar-refractivity contribution in [1.29, 1.82) is 0 Å². The van der Waals surface area contributed by atoms with Crippen LogP contribution < -0.4 is 17.0 Å². The number of hydrogen-bond donors (Lipinski definition) is 3. The summed E-state index contributed by atoms with van der Waals surface area (Å²) in [7, 11) is -3.92. The van der Waals surface area contributed by atoms with Gasteiger partial charge in [-0.3, -0.25) is 9.78 Å². The topological polar surface area (TPSA) is 129 Å². The molecular weight excluding hydrogens is 248 g/mol. The molecule has 0 atom stereocenters. The molecule has 0 amide bonds. The van der Waals surface area contributed by atoms with Crippen molar-refractivity contribution in [1.82, 2.24) is 14.3 Å². The van der Waals surface area contributed by atoms with Gasteiger partial charge in [0, 0.05) is 25.8 Å². The van der Waals surface area contributed by atoms with Crippen molar-refractivity contribution in [2.75, 3.05) is 19.6 Å². The Morgan fingerprint density at radius 1 is 1.41 bits per heavy atom. The van der Waals surface area contributed by atoms with E-state index in [0.717, 1.165) is 10.5 Å². The lowest BCUT2D eigenvalue weighted by molar-refractivity contribution is 0.434. The smallest absolute Gasteiger partial charge is 0.325 e. The first-order chi connectivity index (χ1) is 7.93. The SMILES string of the molecule is CCN(CCN)S(=O)(=O)c1c[nH]c(=O)[nH]c1=O. The van der Waals surface area contributed by atoms with Gasteiger partial charge in [-0.15, -0.1) is 0 Å². The third kappa shape index (κ3) is 2.81. The zero-order valence-electron chi connectivity index (χ0n) is 9.26. The van der Waals surface area contributed by atoms with Gasteiger partial charge in [0.1, 0.15) is 0 Å². The highest BCUT2D eigenvalue weighted by molar-refractivity contribution is 7.89. The van der Waals surface area contributed by atoms with E-state index >= 15 is 0 Å². The van der Waals surface area contributed by atoms with E-state index in [4.69, 9.17) is 5.73 Å². The van der Waals surface area contributed by atoms with Crippen molar-refractivity contribution in [2.45, 2.75) is 11.8 Å². The summed E-state index contributed by atoms with van der Waals surface area (Å²) >= 11 is 0. The second kappa shape index (κ2) is 5.25. The number of aromatic amines is 2. The highest BCUT2D eigenvalue weighted by Gasteiger charge is 2.25. The number of rotatable bonds is 5. The van der Waals surface area contributed by atoms with E-state index in [2.05, 4.69) is 4.98 Å². The predicted molar refractivity (Wildman–Crippen MR) is 61.2 cm³/mol. The normalized spacial score (nSPS) is 11.9. The fraction of sp³-hybridized carbons (Fsp3) is 0.500. The van der Waals surface area contributed by atoms with Gasteiger partial charge >= 0.3 is 5.69 Å². The fourth-order valence-corrected chi connectivity index (χ4v) is 2.78. The standard InChI is InChI=1S/C8H14N4O4S/c1-2-12(4-3-9)17(15,16)6-5-10-8(14)11-7(6)13/h5H,2-4,9H2,1H3,(H2,10,11,13,14). The van der Waals surface area contributed by atoms with Gasteiger partial charge in [0.25, 0.3) is 5.56 Å². The van der Waals surface area contributed by atoms with Crippen molar-refractivity contribution >= 4 is 10.0 Å². The zero-order chi connectivity index (χ0) is 13.1. The van der Waals surface area contributed by atoms with Gasteiger partial charge in [-0.2, -0.15) is 4.31 Å². The molecule has 9 heteroatoms. The third-order valence-electron chi connectivity index (χ3n) is 2.13. The molecule has 17 heavy (non-hydrogen) atoms. The summed E-state index contributed by atoms with van der Waals surface area (Å²) < 4.78 is 25.1. The van der Waals surface area contributed by atoms with Crippen molar-refractivity contribution < 1.29 is 8.42 Å². The first kappa shape index (κ1) is 13.6. The maximum absolute atomic E-state index is 12.0. The fourth-order valence-electron chi connectivity index (χ4n) is 1.32. The monoisotopic (exact) mass is 262 g/mol. The van der Waals surface area contributed by atoms with Gasteiger partial charge in [0.15, 0.2) is 4.90 Å². The first-order valence-electron chi connectivity index (χ1n) is 4.95. The molecule has 0 spiro atoms. The van der Waals surface area contributed by atoms with E-state index in [9.17, 15) is 18.0 Å². The number of hydrogen-bond acceptors (Lipinski definition) is 5. The molecule has 0 bridgehead atoms. The van der Waals surface area contributed by atoms with Crippen molar-refractivity contribution in [2.24, 2.45) is 5.73 Å². The average molecular weight is 262 g/mol. The molecule has 8 nitrogen and oxygen atoms in total. The molecule has 0 aliphatic heterocycles. The lowest BCUT2D eigenvalue weighted by Gasteiger charge is -2.18. The molecular formula is C8H14N4O4S. The second-order valence-corrected chi connectivity index (χ2v) is 5.13. The predicted octanol–water partition coefficient (Wildman–Crippen LogP) is -1.97. The minimum Gasteiger partial charge on any atom is -0.329 e. The molecule has 1 heterocycles. The molecule has 0 radical (unpaired) electrons. The number of aromatic nitrogens is 2. The highest BCUT2D eigenvalue weighted by atomic mass is 32.2. The van der Waals surface area contributed by atoms with Crippen LogP contribution in [0, 0.1) is 0 Å². The van der Waals surface area contributed by atoms with E-state index in [1.54, 1.807) is 6.92 Å². The van der Waals surface area contributed by atoms with Gasteiger partial charge in [-0.05, 0) is 0 Å². The van der Waals surface area contributed by atoms with E-state index in [1.165, 1.54) is 0 Å². The molecule has 0 saturated heterocycles. The Labute approximate surface area is 97.5 Å². The Kier molecular flexibility index (Phi) is 4.21. The number of H-pyrrole nitrogens is 2. The lowest BCUT2D eigenvalue weighted by atomic mass is 10.6. The molecule has 1 rings (SSSR count). The Bertz CT molecular complexity index is 588. The third-order valence-corrected chi connectivity index (χ3v) is 4.11. The van der Waals surface area contributed by atoms with Gasteiger partial charge in [0.2, 0.25) is 10.0 Å². The van der Waals surface area contributed by atoms with Crippen LogP contribution in [-0.4, -0.2) is 42.3 Å². The van der Waals surface area contributed by atoms with Crippen LogP contribution in [-0.2, 0) is 10.0 Å². The summed E-state index contributed by atoms with van der Waals surface area (Å²) in [6, 6.07) is 0. The summed E-state index contributed by atoms with van der Waals surface area (Å²) in [4.78, 5) is 25.7. The van der Waals surface area contributed by atoms with E-state index < -0.39 is 26.2 Å². The van der Waals surface area contributed by atoms with E-state index in [-0.39, 0.29) is 19.6 Å². The molecule has 0 aliphatic rings. The maximum Gasteiger partial charge on any atom is 0.325 e. The largest absolute Gasteiger partial charge is 0.329 e. The molecule has 0 aromatic carbocycles. The number of sulfonamides is 1. The first-order valence-corrected chi connectivity index (χ1v) is 6.39. The lowest BCUT2D eigenvalue weighted by Crippen LogP contribution is -2.39. The van der Waals surface area contributed by atoms with Crippen LogP contribution in [0.3, 0.4) is 0 Å². The van der Waals surface area contributed by atoms with Crippen molar-refractivity contribution in [3.8, 4) is 0 Å². The minimum absolute atomic E-state index is 0.109. The number of nitrogens with two attached hydrogens (primary N) is 1. The van der Waals surface area contributed by atoms with Crippen LogP contribution in [0.2, 0.25) is 0 Å². The summed E-state index contributed by atoms with van der Waals surface area (Å²) in [5, 5.41) is 0. The Morgan fingerprint density at radius 2 is 2.06 bits per heavy atom. The minimum atomic E-state index is -3.92. The van der Waals surface area contributed by atoms with Crippen molar-refractivity contribution in [3.63, 3.8) is 0 Å².